The molecule has 1 unspecified atom stereocenters. The SMILES string of the molecule is CC1CN(c2cc(C#N)ccc2[C@@H](C)O)CCS1. The van der Waals surface area contributed by atoms with Gasteiger partial charge in [0.25, 0.3) is 0 Å². The zero-order chi connectivity index (χ0) is 13.1. The van der Waals surface area contributed by atoms with Gasteiger partial charge in [0.2, 0.25) is 0 Å². The molecule has 0 bridgehead atoms. The fourth-order valence-corrected chi connectivity index (χ4v) is 3.29. The lowest BCUT2D eigenvalue weighted by atomic mass is 10.0. The number of rotatable bonds is 2. The molecule has 3 nitrogen and oxygen atoms in total. The fraction of sp³-hybridized carbons (Fsp3) is 0.500. The van der Waals surface area contributed by atoms with Gasteiger partial charge in [-0.3, -0.25) is 0 Å². The highest BCUT2D eigenvalue weighted by atomic mass is 32.2. The van der Waals surface area contributed by atoms with E-state index in [1.54, 1.807) is 13.0 Å². The summed E-state index contributed by atoms with van der Waals surface area (Å²) < 4.78 is 0. The lowest BCUT2D eigenvalue weighted by Gasteiger charge is -2.34. The zero-order valence-corrected chi connectivity index (χ0v) is 11.6. The molecule has 0 spiro atoms. The van der Waals surface area contributed by atoms with Gasteiger partial charge in [0.05, 0.1) is 17.7 Å². The van der Waals surface area contributed by atoms with E-state index in [0.29, 0.717) is 10.8 Å². The summed E-state index contributed by atoms with van der Waals surface area (Å²) in [6.45, 7) is 5.93. The van der Waals surface area contributed by atoms with Crippen LogP contribution in [0, 0.1) is 11.3 Å². The van der Waals surface area contributed by atoms with Gasteiger partial charge in [-0.1, -0.05) is 13.0 Å². The van der Waals surface area contributed by atoms with Crippen molar-refractivity contribution in [2.75, 3.05) is 23.7 Å². The van der Waals surface area contributed by atoms with Crippen LogP contribution >= 0.6 is 11.8 Å². The first kappa shape index (κ1) is 13.3. The minimum Gasteiger partial charge on any atom is -0.389 e. The van der Waals surface area contributed by atoms with Crippen molar-refractivity contribution in [1.82, 2.24) is 0 Å². The number of benzene rings is 1. The molecule has 1 aliphatic heterocycles. The first-order chi connectivity index (χ1) is 8.61. The minimum absolute atomic E-state index is 0.502. The molecule has 1 aliphatic rings. The van der Waals surface area contributed by atoms with Crippen molar-refractivity contribution >= 4 is 17.4 Å². The maximum Gasteiger partial charge on any atom is 0.0992 e. The molecule has 4 heteroatoms. The Balaban J connectivity index is 2.37. The Morgan fingerprint density at radius 3 is 2.94 bits per heavy atom. The van der Waals surface area contributed by atoms with Crippen LogP contribution in [0.3, 0.4) is 0 Å². The number of hydrogen-bond donors (Lipinski definition) is 1. The molecule has 0 amide bonds. The zero-order valence-electron chi connectivity index (χ0n) is 10.8. The molecule has 1 aromatic rings. The molecular formula is C14H18N2OS. The summed E-state index contributed by atoms with van der Waals surface area (Å²) in [5, 5.41) is 19.4. The Hall–Kier alpha value is -1.18. The normalized spacial score (nSPS) is 21.4. The van der Waals surface area contributed by atoms with E-state index in [-0.39, 0.29) is 0 Å². The number of aliphatic hydroxyl groups is 1. The van der Waals surface area contributed by atoms with Gasteiger partial charge in [-0.15, -0.1) is 0 Å². The van der Waals surface area contributed by atoms with Gasteiger partial charge in [-0.2, -0.15) is 17.0 Å². The highest BCUT2D eigenvalue weighted by Gasteiger charge is 2.21. The maximum atomic E-state index is 9.85. The fourth-order valence-electron chi connectivity index (χ4n) is 2.28. The second-order valence-electron chi connectivity index (χ2n) is 4.69. The maximum absolute atomic E-state index is 9.85. The second kappa shape index (κ2) is 5.64. The lowest BCUT2D eigenvalue weighted by molar-refractivity contribution is 0.199. The number of nitriles is 1. The van der Waals surface area contributed by atoms with Crippen LogP contribution in [-0.2, 0) is 0 Å². The molecule has 1 fully saturated rings. The number of hydrogen-bond acceptors (Lipinski definition) is 4. The third-order valence-electron chi connectivity index (χ3n) is 3.19. The molecule has 1 heterocycles. The predicted molar refractivity (Wildman–Crippen MR) is 75.9 cm³/mol. The molecule has 0 aliphatic carbocycles. The van der Waals surface area contributed by atoms with E-state index < -0.39 is 6.10 Å². The lowest BCUT2D eigenvalue weighted by Crippen LogP contribution is -2.37. The van der Waals surface area contributed by atoms with Crippen molar-refractivity contribution in [3.63, 3.8) is 0 Å². The van der Waals surface area contributed by atoms with Crippen molar-refractivity contribution in [3.05, 3.63) is 29.3 Å². The van der Waals surface area contributed by atoms with Crippen molar-refractivity contribution in [1.29, 1.82) is 5.26 Å². The molecule has 96 valence electrons. The minimum atomic E-state index is -0.502. The van der Waals surface area contributed by atoms with Gasteiger partial charge in [0.15, 0.2) is 0 Å². The van der Waals surface area contributed by atoms with E-state index in [2.05, 4.69) is 17.9 Å². The highest BCUT2D eigenvalue weighted by Crippen LogP contribution is 2.31. The number of nitrogens with zero attached hydrogens (tertiary/aromatic N) is 2. The van der Waals surface area contributed by atoms with Gasteiger partial charge in [-0.05, 0) is 19.1 Å². The van der Waals surface area contributed by atoms with Crippen molar-refractivity contribution in [3.8, 4) is 6.07 Å². The van der Waals surface area contributed by atoms with Crippen molar-refractivity contribution in [2.24, 2.45) is 0 Å². The molecule has 0 radical (unpaired) electrons. The van der Waals surface area contributed by atoms with Crippen LogP contribution in [0.4, 0.5) is 5.69 Å². The smallest absolute Gasteiger partial charge is 0.0992 e. The van der Waals surface area contributed by atoms with E-state index in [1.807, 2.05) is 23.9 Å². The first-order valence-electron chi connectivity index (χ1n) is 6.20. The average Bonchev–Trinajstić information content (AvgIpc) is 2.38. The summed E-state index contributed by atoms with van der Waals surface area (Å²) in [4.78, 5) is 2.28. The van der Waals surface area contributed by atoms with Gasteiger partial charge < -0.3 is 10.0 Å². The van der Waals surface area contributed by atoms with Crippen LogP contribution in [0.2, 0.25) is 0 Å². The summed E-state index contributed by atoms with van der Waals surface area (Å²) in [5.74, 6) is 1.09. The standard InChI is InChI=1S/C14H18N2OS/c1-10-9-16(5-6-18-10)14-7-12(8-15)3-4-13(14)11(2)17/h3-4,7,10-11,17H,5-6,9H2,1-2H3/t10?,11-/m1/s1. The highest BCUT2D eigenvalue weighted by molar-refractivity contribution is 8.00. The average molecular weight is 262 g/mol. The summed E-state index contributed by atoms with van der Waals surface area (Å²) in [5.41, 5.74) is 2.57. The van der Waals surface area contributed by atoms with Crippen LogP contribution in [0.25, 0.3) is 0 Å². The Morgan fingerprint density at radius 1 is 1.56 bits per heavy atom. The van der Waals surface area contributed by atoms with E-state index in [4.69, 9.17) is 5.26 Å². The molecule has 2 rings (SSSR count). The Bertz CT molecular complexity index is 467. The van der Waals surface area contributed by atoms with Crippen LogP contribution in [-0.4, -0.2) is 29.2 Å². The van der Waals surface area contributed by atoms with Crippen LogP contribution in [0.5, 0.6) is 0 Å². The molecule has 0 aromatic heterocycles. The van der Waals surface area contributed by atoms with E-state index in [0.717, 1.165) is 30.1 Å². The number of aliphatic hydroxyl groups excluding tert-OH is 1. The Kier molecular flexibility index (Phi) is 4.15. The molecule has 2 atom stereocenters. The largest absolute Gasteiger partial charge is 0.389 e. The monoisotopic (exact) mass is 262 g/mol. The second-order valence-corrected chi connectivity index (χ2v) is 6.24. The number of thioether (sulfide) groups is 1. The summed E-state index contributed by atoms with van der Waals surface area (Å²) in [6, 6.07) is 7.70. The van der Waals surface area contributed by atoms with Gasteiger partial charge >= 0.3 is 0 Å². The van der Waals surface area contributed by atoms with E-state index >= 15 is 0 Å². The Labute approximate surface area is 112 Å². The Morgan fingerprint density at radius 2 is 2.33 bits per heavy atom. The first-order valence-corrected chi connectivity index (χ1v) is 7.25. The molecular weight excluding hydrogens is 244 g/mol. The topological polar surface area (TPSA) is 47.3 Å². The van der Waals surface area contributed by atoms with Crippen LogP contribution in [0.1, 0.15) is 31.1 Å². The molecule has 1 N–H and O–H groups in total. The number of anilines is 1. The summed E-state index contributed by atoms with van der Waals surface area (Å²) in [7, 11) is 0. The van der Waals surface area contributed by atoms with Gasteiger partial charge in [0, 0.05) is 35.3 Å². The third kappa shape index (κ3) is 2.80. The van der Waals surface area contributed by atoms with Crippen LogP contribution in [0.15, 0.2) is 18.2 Å². The van der Waals surface area contributed by atoms with E-state index in [1.165, 1.54) is 0 Å². The van der Waals surface area contributed by atoms with Crippen LogP contribution < -0.4 is 4.90 Å². The van der Waals surface area contributed by atoms with Gasteiger partial charge in [0.1, 0.15) is 0 Å². The summed E-state index contributed by atoms with van der Waals surface area (Å²) in [6.07, 6.45) is -0.502. The molecule has 1 saturated heterocycles. The quantitative estimate of drug-likeness (QED) is 0.890. The van der Waals surface area contributed by atoms with Crippen molar-refractivity contribution in [2.45, 2.75) is 25.2 Å². The van der Waals surface area contributed by atoms with Gasteiger partial charge in [-0.25, -0.2) is 0 Å². The summed E-state index contributed by atoms with van der Waals surface area (Å²) >= 11 is 1.97. The molecule has 18 heavy (non-hydrogen) atoms. The predicted octanol–water partition coefficient (Wildman–Crippen LogP) is 2.55. The van der Waals surface area contributed by atoms with Crippen molar-refractivity contribution < 1.29 is 5.11 Å². The third-order valence-corrected chi connectivity index (χ3v) is 4.33. The molecule has 1 aromatic carbocycles. The van der Waals surface area contributed by atoms with E-state index in [9.17, 15) is 5.11 Å². The molecule has 0 saturated carbocycles.